The van der Waals surface area contributed by atoms with Crippen LogP contribution in [-0.4, -0.2) is 24.7 Å². The second-order valence-corrected chi connectivity index (χ2v) is 6.88. The molecule has 116 valence electrons. The van der Waals surface area contributed by atoms with E-state index >= 15 is 0 Å². The van der Waals surface area contributed by atoms with Gasteiger partial charge in [-0.05, 0) is 70.0 Å². The standard InChI is InChI=1S/C19H30N2/c1-3-14-20-17-10-12-18(13-11-17)21-15(2)8-9-16-6-4-5-7-19(16)21/h4-7,15,17-18,20H,3,8-14H2,1-2H3. The van der Waals surface area contributed by atoms with Crippen molar-refractivity contribution in [3.63, 3.8) is 0 Å². The Morgan fingerprint density at radius 1 is 1.10 bits per heavy atom. The number of nitrogens with one attached hydrogen (secondary N) is 1. The molecule has 0 spiro atoms. The van der Waals surface area contributed by atoms with Crippen LogP contribution in [0.4, 0.5) is 5.69 Å². The molecule has 1 saturated carbocycles. The van der Waals surface area contributed by atoms with Gasteiger partial charge in [-0.3, -0.25) is 0 Å². The summed E-state index contributed by atoms with van der Waals surface area (Å²) >= 11 is 0. The van der Waals surface area contributed by atoms with Gasteiger partial charge in [0, 0.05) is 23.8 Å². The average molecular weight is 286 g/mol. The van der Waals surface area contributed by atoms with Gasteiger partial charge < -0.3 is 10.2 Å². The maximum absolute atomic E-state index is 3.71. The monoisotopic (exact) mass is 286 g/mol. The summed E-state index contributed by atoms with van der Waals surface area (Å²) in [5.41, 5.74) is 3.07. The fourth-order valence-electron chi connectivity index (χ4n) is 4.18. The molecule has 1 atom stereocenters. The number of hydrogen-bond donors (Lipinski definition) is 1. The van der Waals surface area contributed by atoms with Crippen molar-refractivity contribution in [3.8, 4) is 0 Å². The molecule has 1 fully saturated rings. The summed E-state index contributed by atoms with van der Waals surface area (Å²) in [5.74, 6) is 0. The molecular weight excluding hydrogens is 256 g/mol. The molecule has 1 unspecified atom stereocenters. The van der Waals surface area contributed by atoms with Crippen LogP contribution in [0.15, 0.2) is 24.3 Å². The van der Waals surface area contributed by atoms with E-state index in [9.17, 15) is 0 Å². The maximum atomic E-state index is 3.71. The van der Waals surface area contributed by atoms with Crippen molar-refractivity contribution in [1.82, 2.24) is 5.32 Å². The minimum atomic E-state index is 0.699. The number of nitrogens with zero attached hydrogens (tertiary/aromatic N) is 1. The van der Waals surface area contributed by atoms with E-state index in [1.165, 1.54) is 57.2 Å². The highest BCUT2D eigenvalue weighted by atomic mass is 15.2. The van der Waals surface area contributed by atoms with Crippen LogP contribution in [0.25, 0.3) is 0 Å². The number of fused-ring (bicyclic) bond motifs is 1. The van der Waals surface area contributed by atoms with Gasteiger partial charge in [0.05, 0.1) is 0 Å². The number of hydrogen-bond acceptors (Lipinski definition) is 2. The lowest BCUT2D eigenvalue weighted by molar-refractivity contribution is 0.316. The van der Waals surface area contributed by atoms with E-state index in [0.29, 0.717) is 6.04 Å². The molecule has 2 nitrogen and oxygen atoms in total. The maximum Gasteiger partial charge on any atom is 0.0403 e. The van der Waals surface area contributed by atoms with Crippen LogP contribution < -0.4 is 10.2 Å². The second kappa shape index (κ2) is 6.83. The molecule has 21 heavy (non-hydrogen) atoms. The van der Waals surface area contributed by atoms with E-state index in [1.807, 2.05) is 0 Å². The second-order valence-electron chi connectivity index (χ2n) is 6.88. The van der Waals surface area contributed by atoms with Crippen molar-refractivity contribution in [2.45, 2.75) is 76.9 Å². The molecule has 2 aliphatic rings. The number of aryl methyl sites for hydroxylation is 1. The molecule has 2 heteroatoms. The van der Waals surface area contributed by atoms with Crippen LogP contribution >= 0.6 is 0 Å². The molecule has 0 amide bonds. The van der Waals surface area contributed by atoms with Gasteiger partial charge in [-0.15, -0.1) is 0 Å². The van der Waals surface area contributed by atoms with E-state index in [4.69, 9.17) is 0 Å². The highest BCUT2D eigenvalue weighted by Crippen LogP contribution is 2.36. The van der Waals surface area contributed by atoms with Crippen molar-refractivity contribution in [1.29, 1.82) is 0 Å². The fourth-order valence-corrected chi connectivity index (χ4v) is 4.18. The molecule has 1 heterocycles. The molecule has 1 N–H and O–H groups in total. The third kappa shape index (κ3) is 3.26. The van der Waals surface area contributed by atoms with Crippen LogP contribution in [0.2, 0.25) is 0 Å². The first-order valence-electron chi connectivity index (χ1n) is 8.89. The summed E-state index contributed by atoms with van der Waals surface area (Å²) in [6.45, 7) is 5.85. The zero-order valence-electron chi connectivity index (χ0n) is 13.6. The van der Waals surface area contributed by atoms with Crippen LogP contribution in [-0.2, 0) is 6.42 Å². The summed E-state index contributed by atoms with van der Waals surface area (Å²) in [5, 5.41) is 3.71. The lowest BCUT2D eigenvalue weighted by Crippen LogP contribution is -2.48. The van der Waals surface area contributed by atoms with Crippen molar-refractivity contribution >= 4 is 5.69 Å². The van der Waals surface area contributed by atoms with E-state index in [2.05, 4.69) is 48.3 Å². The first-order chi connectivity index (χ1) is 10.3. The van der Waals surface area contributed by atoms with E-state index < -0.39 is 0 Å². The van der Waals surface area contributed by atoms with Crippen molar-refractivity contribution in [2.75, 3.05) is 11.4 Å². The minimum absolute atomic E-state index is 0.699. The Balaban J connectivity index is 1.67. The topological polar surface area (TPSA) is 15.3 Å². The van der Waals surface area contributed by atoms with Gasteiger partial charge >= 0.3 is 0 Å². The van der Waals surface area contributed by atoms with Crippen LogP contribution in [0.1, 0.15) is 57.9 Å². The Bertz CT molecular complexity index is 449. The number of benzene rings is 1. The third-order valence-corrected chi connectivity index (χ3v) is 5.35. The molecule has 3 rings (SSSR count). The smallest absolute Gasteiger partial charge is 0.0403 e. The van der Waals surface area contributed by atoms with Crippen molar-refractivity contribution < 1.29 is 0 Å². The average Bonchev–Trinajstić information content (AvgIpc) is 2.53. The zero-order valence-corrected chi connectivity index (χ0v) is 13.6. The van der Waals surface area contributed by atoms with E-state index in [1.54, 1.807) is 5.56 Å². The molecule has 0 aromatic heterocycles. The van der Waals surface area contributed by atoms with Gasteiger partial charge in [-0.2, -0.15) is 0 Å². The molecule has 1 aliphatic heterocycles. The molecule has 0 bridgehead atoms. The Hall–Kier alpha value is -1.02. The molecule has 1 aromatic carbocycles. The van der Waals surface area contributed by atoms with Gasteiger partial charge in [0.25, 0.3) is 0 Å². The third-order valence-electron chi connectivity index (χ3n) is 5.35. The Morgan fingerprint density at radius 2 is 1.86 bits per heavy atom. The van der Waals surface area contributed by atoms with Gasteiger partial charge in [-0.1, -0.05) is 25.1 Å². The quantitative estimate of drug-likeness (QED) is 0.895. The first-order valence-corrected chi connectivity index (χ1v) is 8.89. The highest BCUT2D eigenvalue weighted by molar-refractivity contribution is 5.57. The van der Waals surface area contributed by atoms with Crippen LogP contribution in [0.5, 0.6) is 0 Å². The molecule has 1 aromatic rings. The highest BCUT2D eigenvalue weighted by Gasteiger charge is 2.31. The van der Waals surface area contributed by atoms with E-state index in [0.717, 1.165) is 12.1 Å². The SMILES string of the molecule is CCCNC1CCC(N2c3ccccc3CCC2C)CC1. The first kappa shape index (κ1) is 14.9. The van der Waals surface area contributed by atoms with Gasteiger partial charge in [0.1, 0.15) is 0 Å². The molecular formula is C19H30N2. The lowest BCUT2D eigenvalue weighted by Gasteiger charge is -2.45. The zero-order chi connectivity index (χ0) is 14.7. The summed E-state index contributed by atoms with van der Waals surface area (Å²) in [4.78, 5) is 2.74. The Morgan fingerprint density at radius 3 is 2.62 bits per heavy atom. The van der Waals surface area contributed by atoms with Gasteiger partial charge in [0.15, 0.2) is 0 Å². The molecule has 0 radical (unpaired) electrons. The fraction of sp³-hybridized carbons (Fsp3) is 0.684. The molecule has 1 aliphatic carbocycles. The van der Waals surface area contributed by atoms with Crippen molar-refractivity contribution in [2.24, 2.45) is 0 Å². The predicted octanol–water partition coefficient (Wildman–Crippen LogP) is 4.14. The van der Waals surface area contributed by atoms with Crippen molar-refractivity contribution in [3.05, 3.63) is 29.8 Å². The van der Waals surface area contributed by atoms with Gasteiger partial charge in [0.2, 0.25) is 0 Å². The number of rotatable bonds is 4. The summed E-state index contributed by atoms with van der Waals surface area (Å²) in [6, 6.07) is 11.3. The largest absolute Gasteiger partial charge is 0.366 e. The summed E-state index contributed by atoms with van der Waals surface area (Å²) in [7, 11) is 0. The molecule has 0 saturated heterocycles. The van der Waals surface area contributed by atoms with Gasteiger partial charge in [-0.25, -0.2) is 0 Å². The van der Waals surface area contributed by atoms with Crippen LogP contribution in [0, 0.1) is 0 Å². The lowest BCUT2D eigenvalue weighted by atomic mass is 9.86. The number of para-hydroxylation sites is 1. The number of anilines is 1. The normalized spacial score (nSPS) is 29.2. The Kier molecular flexibility index (Phi) is 4.84. The summed E-state index contributed by atoms with van der Waals surface area (Å²) in [6.07, 6.45) is 9.19. The van der Waals surface area contributed by atoms with Crippen LogP contribution in [0.3, 0.4) is 0 Å². The minimum Gasteiger partial charge on any atom is -0.366 e. The summed E-state index contributed by atoms with van der Waals surface area (Å²) < 4.78 is 0. The Labute approximate surface area is 129 Å². The van der Waals surface area contributed by atoms with E-state index in [-0.39, 0.29) is 0 Å². The predicted molar refractivity (Wildman–Crippen MR) is 91.0 cm³/mol.